The Morgan fingerprint density at radius 3 is 2.76 bits per heavy atom. The molecule has 118 valence electrons. The number of nitrogens with zero attached hydrogens (tertiary/aromatic N) is 1. The van der Waals surface area contributed by atoms with Crippen molar-refractivity contribution in [3.8, 4) is 0 Å². The van der Waals surface area contributed by atoms with Gasteiger partial charge in [0.2, 0.25) is 10.0 Å². The Kier molecular flexibility index (Phi) is 5.24. The van der Waals surface area contributed by atoms with E-state index < -0.39 is 10.0 Å². The van der Waals surface area contributed by atoms with Crippen LogP contribution in [0.5, 0.6) is 0 Å². The fourth-order valence-corrected chi connectivity index (χ4v) is 4.59. The lowest BCUT2D eigenvalue weighted by atomic mass is 10.00. The van der Waals surface area contributed by atoms with Gasteiger partial charge in [-0.2, -0.15) is 4.31 Å². The van der Waals surface area contributed by atoms with Gasteiger partial charge in [-0.15, -0.1) is 0 Å². The Labute approximate surface area is 127 Å². The number of benzene rings is 1. The van der Waals surface area contributed by atoms with Gasteiger partial charge in [0.05, 0.1) is 11.5 Å². The van der Waals surface area contributed by atoms with Crippen LogP contribution in [0.25, 0.3) is 0 Å². The fourth-order valence-electron chi connectivity index (χ4n) is 2.81. The smallest absolute Gasteiger partial charge is 0.243 e. The van der Waals surface area contributed by atoms with Crippen molar-refractivity contribution in [3.63, 3.8) is 0 Å². The van der Waals surface area contributed by atoms with Crippen LogP contribution in [-0.2, 0) is 16.4 Å². The molecule has 2 N–H and O–H groups in total. The summed E-state index contributed by atoms with van der Waals surface area (Å²) < 4.78 is 27.1. The highest BCUT2D eigenvalue weighted by Crippen LogP contribution is 2.33. The van der Waals surface area contributed by atoms with E-state index in [-0.39, 0.29) is 13.2 Å². The highest BCUT2D eigenvalue weighted by Gasteiger charge is 2.28. The van der Waals surface area contributed by atoms with Gasteiger partial charge in [0.15, 0.2) is 0 Å². The van der Waals surface area contributed by atoms with Crippen LogP contribution >= 0.6 is 0 Å². The van der Waals surface area contributed by atoms with Crippen molar-refractivity contribution < 1.29 is 13.5 Å². The monoisotopic (exact) mass is 312 g/mol. The van der Waals surface area contributed by atoms with E-state index in [1.54, 1.807) is 6.07 Å². The van der Waals surface area contributed by atoms with Gasteiger partial charge < -0.3 is 10.4 Å². The summed E-state index contributed by atoms with van der Waals surface area (Å²) in [7, 11) is -3.55. The van der Waals surface area contributed by atoms with Crippen LogP contribution in [0.15, 0.2) is 17.0 Å². The minimum Gasteiger partial charge on any atom is -0.395 e. The van der Waals surface area contributed by atoms with Gasteiger partial charge in [0.25, 0.3) is 0 Å². The van der Waals surface area contributed by atoms with Crippen LogP contribution in [0.3, 0.4) is 0 Å². The molecule has 0 radical (unpaired) electrons. The third kappa shape index (κ3) is 3.22. The number of aryl methyl sites for hydroxylation is 1. The number of aliphatic hydroxyl groups is 1. The summed E-state index contributed by atoms with van der Waals surface area (Å²) in [4.78, 5) is 0.386. The number of hydrogen-bond donors (Lipinski definition) is 2. The maximum Gasteiger partial charge on any atom is 0.243 e. The Balaban J connectivity index is 2.49. The summed E-state index contributed by atoms with van der Waals surface area (Å²) >= 11 is 0. The van der Waals surface area contributed by atoms with Gasteiger partial charge in [-0.25, -0.2) is 8.42 Å². The Bertz CT molecular complexity index is 593. The average Bonchev–Trinajstić information content (AvgIpc) is 2.47. The molecule has 1 aromatic rings. The molecule has 0 fully saturated rings. The molecule has 0 amide bonds. The molecular formula is C15H24N2O3S. The van der Waals surface area contributed by atoms with Gasteiger partial charge in [0.1, 0.15) is 0 Å². The minimum absolute atomic E-state index is 0.145. The van der Waals surface area contributed by atoms with E-state index in [1.807, 2.05) is 19.9 Å². The Hall–Kier alpha value is -1.11. The van der Waals surface area contributed by atoms with Crippen molar-refractivity contribution in [2.75, 3.05) is 31.6 Å². The molecule has 0 spiro atoms. The first kappa shape index (κ1) is 16.3. The molecule has 1 aliphatic heterocycles. The molecule has 1 aliphatic rings. The molecule has 0 atom stereocenters. The molecule has 1 aromatic carbocycles. The molecule has 5 nitrogen and oxygen atoms in total. The van der Waals surface area contributed by atoms with E-state index in [0.717, 1.165) is 42.6 Å². The largest absolute Gasteiger partial charge is 0.395 e. The van der Waals surface area contributed by atoms with Crippen LogP contribution in [0, 0.1) is 6.92 Å². The Morgan fingerprint density at radius 2 is 2.10 bits per heavy atom. The number of hydrogen-bond acceptors (Lipinski definition) is 4. The average molecular weight is 312 g/mol. The summed E-state index contributed by atoms with van der Waals surface area (Å²) in [5, 5.41) is 12.5. The molecular weight excluding hydrogens is 288 g/mol. The third-order valence-corrected chi connectivity index (χ3v) is 5.81. The molecule has 0 aliphatic carbocycles. The zero-order chi connectivity index (χ0) is 15.5. The predicted molar refractivity (Wildman–Crippen MR) is 84.1 cm³/mol. The topological polar surface area (TPSA) is 69.6 Å². The first-order valence-electron chi connectivity index (χ1n) is 7.49. The summed E-state index contributed by atoms with van der Waals surface area (Å²) in [6.07, 6.45) is 2.44. The summed E-state index contributed by atoms with van der Waals surface area (Å²) in [6.45, 7) is 5.22. The van der Waals surface area contributed by atoms with Crippen LogP contribution < -0.4 is 5.32 Å². The lowest BCUT2D eigenvalue weighted by Crippen LogP contribution is -2.35. The van der Waals surface area contributed by atoms with Crippen molar-refractivity contribution >= 4 is 15.7 Å². The van der Waals surface area contributed by atoms with Crippen LogP contribution in [0.2, 0.25) is 0 Å². The molecule has 0 aromatic heterocycles. The molecule has 21 heavy (non-hydrogen) atoms. The zero-order valence-electron chi connectivity index (χ0n) is 12.7. The highest BCUT2D eigenvalue weighted by molar-refractivity contribution is 7.89. The quantitative estimate of drug-likeness (QED) is 0.839. The van der Waals surface area contributed by atoms with Crippen molar-refractivity contribution in [2.24, 2.45) is 0 Å². The summed E-state index contributed by atoms with van der Waals surface area (Å²) in [5.41, 5.74) is 2.93. The van der Waals surface area contributed by atoms with Crippen molar-refractivity contribution in [2.45, 2.75) is 38.0 Å². The standard InChI is InChI=1S/C15H24N2O3S/c1-3-9-17(10-11-18)21(19,20)14-7-6-12(2)15-13(14)5-4-8-16-15/h6-7,16,18H,3-5,8-11H2,1-2H3. The van der Waals surface area contributed by atoms with Crippen LogP contribution in [-0.4, -0.2) is 44.1 Å². The lowest BCUT2D eigenvalue weighted by molar-refractivity contribution is 0.253. The normalized spacial score (nSPS) is 14.9. The maximum atomic E-state index is 12.9. The van der Waals surface area contributed by atoms with Crippen LogP contribution in [0.1, 0.15) is 30.9 Å². The number of anilines is 1. The maximum absolute atomic E-state index is 12.9. The number of fused-ring (bicyclic) bond motifs is 1. The molecule has 0 saturated heterocycles. The SMILES string of the molecule is CCCN(CCO)S(=O)(=O)c1ccc(C)c2c1CCCN2. The zero-order valence-corrected chi connectivity index (χ0v) is 13.5. The summed E-state index contributed by atoms with van der Waals surface area (Å²) in [6, 6.07) is 3.56. The fraction of sp³-hybridized carbons (Fsp3) is 0.600. The minimum atomic E-state index is -3.55. The second-order valence-corrected chi connectivity index (χ2v) is 7.30. The first-order chi connectivity index (χ1) is 10.0. The number of aliphatic hydroxyl groups excluding tert-OH is 1. The van der Waals surface area contributed by atoms with E-state index in [9.17, 15) is 8.42 Å². The predicted octanol–water partition coefficient (Wildman–Crippen LogP) is 1.75. The molecule has 0 saturated carbocycles. The van der Waals surface area contributed by atoms with Crippen molar-refractivity contribution in [1.82, 2.24) is 4.31 Å². The molecule has 0 bridgehead atoms. The molecule has 6 heteroatoms. The third-order valence-electron chi connectivity index (χ3n) is 3.82. The van der Waals surface area contributed by atoms with Crippen molar-refractivity contribution in [3.05, 3.63) is 23.3 Å². The van der Waals surface area contributed by atoms with Gasteiger partial charge >= 0.3 is 0 Å². The van der Waals surface area contributed by atoms with Gasteiger partial charge in [-0.05, 0) is 43.4 Å². The number of sulfonamides is 1. The second-order valence-electron chi connectivity index (χ2n) is 5.39. The highest BCUT2D eigenvalue weighted by atomic mass is 32.2. The van der Waals surface area contributed by atoms with Crippen molar-refractivity contribution in [1.29, 1.82) is 0 Å². The summed E-state index contributed by atoms with van der Waals surface area (Å²) in [5.74, 6) is 0. The van der Waals surface area contributed by atoms with E-state index in [1.165, 1.54) is 4.31 Å². The van der Waals surface area contributed by atoms with Gasteiger partial charge in [-0.1, -0.05) is 13.0 Å². The van der Waals surface area contributed by atoms with E-state index in [2.05, 4.69) is 5.32 Å². The number of rotatable bonds is 6. The lowest BCUT2D eigenvalue weighted by Gasteiger charge is -2.26. The molecule has 1 heterocycles. The number of nitrogens with one attached hydrogen (secondary N) is 1. The Morgan fingerprint density at radius 1 is 1.33 bits per heavy atom. The second kappa shape index (κ2) is 6.77. The first-order valence-corrected chi connectivity index (χ1v) is 8.93. The van der Waals surface area contributed by atoms with E-state index in [4.69, 9.17) is 5.11 Å². The van der Waals surface area contributed by atoms with E-state index >= 15 is 0 Å². The molecule has 2 rings (SSSR count). The molecule has 0 unspecified atom stereocenters. The van der Waals surface area contributed by atoms with Gasteiger partial charge in [-0.3, -0.25) is 0 Å². The van der Waals surface area contributed by atoms with E-state index in [0.29, 0.717) is 11.4 Å². The van der Waals surface area contributed by atoms with Gasteiger partial charge in [0, 0.05) is 25.3 Å². The van der Waals surface area contributed by atoms with Crippen LogP contribution in [0.4, 0.5) is 5.69 Å².